The molecule has 2 aromatic rings. The van der Waals surface area contributed by atoms with Crippen molar-refractivity contribution >= 4 is 24.5 Å². The number of hydrogen-bond acceptors (Lipinski definition) is 5. The molecule has 0 unspecified atom stereocenters. The van der Waals surface area contributed by atoms with Crippen LogP contribution in [0.1, 0.15) is 5.56 Å². The zero-order chi connectivity index (χ0) is 18.2. The highest BCUT2D eigenvalue weighted by Gasteiger charge is 2.19. The molecule has 0 saturated carbocycles. The van der Waals surface area contributed by atoms with Crippen molar-refractivity contribution in [2.24, 2.45) is 0 Å². The van der Waals surface area contributed by atoms with Gasteiger partial charge in [-0.15, -0.1) is 12.4 Å². The Morgan fingerprint density at radius 3 is 2.56 bits per heavy atom. The first-order valence-electron chi connectivity index (χ1n) is 8.87. The van der Waals surface area contributed by atoms with Crippen LogP contribution < -0.4 is 10.2 Å². The number of pyridine rings is 1. The minimum atomic E-state index is 0. The maximum absolute atomic E-state index is 10.4. The van der Waals surface area contributed by atoms with E-state index in [1.807, 2.05) is 36.5 Å². The molecule has 1 aliphatic rings. The minimum Gasteiger partial charge on any atom is -0.367 e. The lowest BCUT2D eigenvalue weighted by molar-refractivity contribution is -0.109. The Morgan fingerprint density at radius 2 is 1.89 bits per heavy atom. The predicted octanol–water partition coefficient (Wildman–Crippen LogP) is 2.10. The molecule has 0 radical (unpaired) electrons. The van der Waals surface area contributed by atoms with Crippen LogP contribution in [-0.2, 0) is 11.2 Å². The number of nitriles is 1. The second kappa shape index (κ2) is 10.5. The fraction of sp³-hybridized carbons (Fsp3) is 0.350. The van der Waals surface area contributed by atoms with E-state index >= 15 is 0 Å². The van der Waals surface area contributed by atoms with Crippen LogP contribution in [0, 0.1) is 11.3 Å². The molecule has 7 heteroatoms. The van der Waals surface area contributed by atoms with Crippen LogP contribution in [0.25, 0.3) is 11.3 Å². The van der Waals surface area contributed by atoms with Crippen LogP contribution in [0.3, 0.4) is 0 Å². The van der Waals surface area contributed by atoms with Gasteiger partial charge in [0.05, 0.1) is 23.9 Å². The number of nitrogens with zero attached hydrogens (tertiary/aromatic N) is 4. The Labute approximate surface area is 166 Å². The van der Waals surface area contributed by atoms with Gasteiger partial charge in [-0.1, -0.05) is 24.3 Å². The van der Waals surface area contributed by atoms with E-state index in [1.165, 1.54) is 0 Å². The Morgan fingerprint density at radius 1 is 1.15 bits per heavy atom. The maximum atomic E-state index is 10.4. The highest BCUT2D eigenvalue weighted by atomic mass is 35.5. The number of hydrogen-bond donors (Lipinski definition) is 1. The van der Waals surface area contributed by atoms with Crippen molar-refractivity contribution in [3.63, 3.8) is 0 Å². The highest BCUT2D eigenvalue weighted by Crippen LogP contribution is 2.29. The van der Waals surface area contributed by atoms with E-state index in [-0.39, 0.29) is 12.4 Å². The molecule has 142 valence electrons. The summed E-state index contributed by atoms with van der Waals surface area (Å²) in [6.45, 7) is 5.38. The molecule has 1 aliphatic heterocycles. The summed E-state index contributed by atoms with van der Waals surface area (Å²) in [6.07, 6.45) is 3.00. The molecule has 27 heavy (non-hydrogen) atoms. The first-order chi connectivity index (χ1) is 12.8. The molecule has 1 saturated heterocycles. The number of nitrogens with one attached hydrogen (secondary N) is 1. The largest absolute Gasteiger partial charge is 0.367 e. The number of rotatable bonds is 7. The van der Waals surface area contributed by atoms with E-state index in [1.54, 1.807) is 0 Å². The molecule has 1 fully saturated rings. The third kappa shape index (κ3) is 5.43. The number of piperazine rings is 1. The second-order valence-corrected chi connectivity index (χ2v) is 6.30. The van der Waals surface area contributed by atoms with E-state index < -0.39 is 0 Å². The molecule has 0 spiro atoms. The quantitative estimate of drug-likeness (QED) is 0.583. The SMILES string of the molecule is Cl.N#CCc1ccc(-c2ncccc2N2CCN(CCNC=O)CC2)cc1. The number of anilines is 1. The van der Waals surface area contributed by atoms with Crippen molar-refractivity contribution in [3.05, 3.63) is 48.2 Å². The number of halogens is 1. The van der Waals surface area contributed by atoms with Gasteiger partial charge < -0.3 is 10.2 Å². The van der Waals surface area contributed by atoms with E-state index in [4.69, 9.17) is 5.26 Å². The Kier molecular flexibility index (Phi) is 8.05. The van der Waals surface area contributed by atoms with Gasteiger partial charge in [0.15, 0.2) is 0 Å². The van der Waals surface area contributed by atoms with Gasteiger partial charge >= 0.3 is 0 Å². The Bertz CT molecular complexity index is 767. The minimum absolute atomic E-state index is 0. The molecule has 3 rings (SSSR count). The van der Waals surface area contributed by atoms with Crippen molar-refractivity contribution in [3.8, 4) is 17.3 Å². The van der Waals surface area contributed by atoms with Crippen molar-refractivity contribution in [2.45, 2.75) is 6.42 Å². The summed E-state index contributed by atoms with van der Waals surface area (Å²) in [7, 11) is 0. The third-order valence-corrected chi connectivity index (χ3v) is 4.67. The van der Waals surface area contributed by atoms with Gasteiger partial charge in [-0.05, 0) is 17.7 Å². The zero-order valence-electron chi connectivity index (χ0n) is 15.2. The van der Waals surface area contributed by atoms with Crippen molar-refractivity contribution < 1.29 is 4.79 Å². The maximum Gasteiger partial charge on any atom is 0.207 e. The summed E-state index contributed by atoms with van der Waals surface area (Å²) in [4.78, 5) is 19.7. The van der Waals surface area contributed by atoms with E-state index in [0.29, 0.717) is 13.0 Å². The van der Waals surface area contributed by atoms with Crippen LogP contribution >= 0.6 is 12.4 Å². The monoisotopic (exact) mass is 385 g/mol. The van der Waals surface area contributed by atoms with E-state index in [2.05, 4.69) is 32.2 Å². The molecular formula is C20H24ClN5O. The molecule has 0 aliphatic carbocycles. The topological polar surface area (TPSA) is 72.3 Å². The smallest absolute Gasteiger partial charge is 0.207 e. The standard InChI is InChI=1S/C20H23N5O.ClH/c21-8-7-17-3-5-18(6-4-17)20-19(2-1-9-23-20)25-14-12-24(13-15-25)11-10-22-16-26;/h1-6,9,16H,7,10-15H2,(H,22,26);1H. The lowest BCUT2D eigenvalue weighted by Crippen LogP contribution is -2.48. The van der Waals surface area contributed by atoms with Crippen LogP contribution in [0.5, 0.6) is 0 Å². The van der Waals surface area contributed by atoms with Crippen LogP contribution in [-0.4, -0.2) is 55.6 Å². The molecule has 0 atom stereocenters. The first-order valence-corrected chi connectivity index (χ1v) is 8.87. The van der Waals surface area contributed by atoms with Gasteiger partial charge in [0, 0.05) is 51.0 Å². The number of carbonyl (C=O) groups excluding carboxylic acids is 1. The lowest BCUT2D eigenvalue weighted by atomic mass is 10.0. The zero-order valence-corrected chi connectivity index (χ0v) is 16.0. The summed E-state index contributed by atoms with van der Waals surface area (Å²) < 4.78 is 0. The lowest BCUT2D eigenvalue weighted by Gasteiger charge is -2.36. The Hall–Kier alpha value is -2.62. The second-order valence-electron chi connectivity index (χ2n) is 6.30. The fourth-order valence-corrected chi connectivity index (χ4v) is 3.24. The van der Waals surface area contributed by atoms with Gasteiger partial charge in [0.25, 0.3) is 0 Å². The van der Waals surface area contributed by atoms with Gasteiger partial charge in [0.2, 0.25) is 6.41 Å². The molecule has 2 heterocycles. The predicted molar refractivity (Wildman–Crippen MR) is 109 cm³/mol. The summed E-state index contributed by atoms with van der Waals surface area (Å²) in [5.74, 6) is 0. The first kappa shape index (κ1) is 20.7. The molecule has 0 bridgehead atoms. The van der Waals surface area contributed by atoms with Gasteiger partial charge in [0.1, 0.15) is 0 Å². The van der Waals surface area contributed by atoms with Gasteiger partial charge in [-0.25, -0.2) is 0 Å². The van der Waals surface area contributed by atoms with Crippen molar-refractivity contribution in [1.29, 1.82) is 5.26 Å². The van der Waals surface area contributed by atoms with Crippen LogP contribution in [0.4, 0.5) is 5.69 Å². The number of aromatic nitrogens is 1. The van der Waals surface area contributed by atoms with E-state index in [0.717, 1.165) is 61.6 Å². The average Bonchev–Trinajstić information content (AvgIpc) is 2.70. The molecule has 1 aromatic heterocycles. The summed E-state index contributed by atoms with van der Waals surface area (Å²) >= 11 is 0. The summed E-state index contributed by atoms with van der Waals surface area (Å²) in [5, 5.41) is 11.5. The van der Waals surface area contributed by atoms with Crippen molar-refractivity contribution in [2.75, 3.05) is 44.2 Å². The molecule has 1 amide bonds. The van der Waals surface area contributed by atoms with E-state index in [9.17, 15) is 4.79 Å². The molecular weight excluding hydrogens is 362 g/mol. The number of benzene rings is 1. The molecule has 1 aromatic carbocycles. The normalized spacial score (nSPS) is 14.1. The van der Waals surface area contributed by atoms with Crippen molar-refractivity contribution in [1.82, 2.24) is 15.2 Å². The van der Waals surface area contributed by atoms with Crippen LogP contribution in [0.2, 0.25) is 0 Å². The van der Waals surface area contributed by atoms with Crippen LogP contribution in [0.15, 0.2) is 42.6 Å². The molecule has 1 N–H and O–H groups in total. The average molecular weight is 386 g/mol. The summed E-state index contributed by atoms with van der Waals surface area (Å²) in [6, 6.07) is 14.3. The summed E-state index contributed by atoms with van der Waals surface area (Å²) in [5.41, 5.74) is 4.21. The van der Waals surface area contributed by atoms with Gasteiger partial charge in [-0.3, -0.25) is 14.7 Å². The number of amides is 1. The third-order valence-electron chi connectivity index (χ3n) is 4.67. The molecule has 6 nitrogen and oxygen atoms in total. The highest BCUT2D eigenvalue weighted by molar-refractivity contribution is 5.85. The fourth-order valence-electron chi connectivity index (χ4n) is 3.24. The Balaban J connectivity index is 0.00000261. The number of carbonyl (C=O) groups is 1. The van der Waals surface area contributed by atoms with Gasteiger partial charge in [-0.2, -0.15) is 5.26 Å².